The first-order chi connectivity index (χ1) is 12.9. The number of benzene rings is 2. The molecule has 27 heavy (non-hydrogen) atoms. The summed E-state index contributed by atoms with van der Waals surface area (Å²) in [4.78, 5) is 19.0. The minimum absolute atomic E-state index is 0.274. The van der Waals surface area contributed by atoms with Gasteiger partial charge in [0, 0.05) is 41.9 Å². The molecule has 0 aliphatic heterocycles. The van der Waals surface area contributed by atoms with Gasteiger partial charge in [-0.25, -0.2) is 9.78 Å². The predicted molar refractivity (Wildman–Crippen MR) is 109 cm³/mol. The zero-order valence-corrected chi connectivity index (χ0v) is 16.2. The van der Waals surface area contributed by atoms with E-state index >= 15 is 0 Å². The van der Waals surface area contributed by atoms with Gasteiger partial charge in [-0.1, -0.05) is 6.92 Å². The van der Waals surface area contributed by atoms with Crippen molar-refractivity contribution in [3.63, 3.8) is 0 Å². The minimum atomic E-state index is -0.274. The second-order valence-electron chi connectivity index (χ2n) is 7.03. The van der Waals surface area contributed by atoms with Gasteiger partial charge in [-0.05, 0) is 56.2 Å². The quantitative estimate of drug-likeness (QED) is 0.488. The number of aromatic nitrogens is 1. The lowest BCUT2D eigenvalue weighted by atomic mass is 10.0. The van der Waals surface area contributed by atoms with E-state index in [0.29, 0.717) is 29.0 Å². The third kappa shape index (κ3) is 2.70. The number of anilines is 1. The van der Waals surface area contributed by atoms with E-state index in [2.05, 4.69) is 4.98 Å². The molecule has 5 nitrogen and oxygen atoms in total. The average molecular weight is 362 g/mol. The van der Waals surface area contributed by atoms with Crippen LogP contribution in [0.2, 0.25) is 0 Å². The number of hydrogen-bond acceptors (Lipinski definition) is 5. The van der Waals surface area contributed by atoms with Crippen LogP contribution in [0.5, 0.6) is 0 Å². The summed E-state index contributed by atoms with van der Waals surface area (Å²) in [5, 5.41) is 0.916. The Balaban J connectivity index is 1.94. The second-order valence-corrected chi connectivity index (χ2v) is 7.03. The van der Waals surface area contributed by atoms with E-state index in [9.17, 15) is 4.79 Å². The van der Waals surface area contributed by atoms with Crippen LogP contribution in [-0.2, 0) is 6.42 Å². The lowest BCUT2D eigenvalue weighted by molar-refractivity contribution is 0.546. The topological polar surface area (TPSA) is 59.5 Å². The van der Waals surface area contributed by atoms with Gasteiger partial charge in [0.2, 0.25) is 5.89 Å². The first-order valence-electron chi connectivity index (χ1n) is 9.05. The normalized spacial score (nSPS) is 11.4. The molecule has 0 radical (unpaired) electrons. The summed E-state index contributed by atoms with van der Waals surface area (Å²) in [6.45, 7) is 5.83. The van der Waals surface area contributed by atoms with Crippen molar-refractivity contribution < 1.29 is 8.83 Å². The smallest absolute Gasteiger partial charge is 0.339 e. The standard InChI is InChI=1S/C22H22N2O3/c1-6-16-12(2)17-11-18-20(13(3)19(17)27-22(16)25)26-21(23-18)14-7-9-15(10-8-14)24(4)5/h7-11H,6H2,1-5H3. The van der Waals surface area contributed by atoms with E-state index in [1.54, 1.807) is 0 Å². The Morgan fingerprint density at radius 3 is 2.33 bits per heavy atom. The van der Waals surface area contributed by atoms with Crippen LogP contribution in [0.3, 0.4) is 0 Å². The highest BCUT2D eigenvalue weighted by molar-refractivity contribution is 5.97. The Morgan fingerprint density at radius 1 is 1.00 bits per heavy atom. The van der Waals surface area contributed by atoms with E-state index in [1.165, 1.54) is 0 Å². The largest absolute Gasteiger partial charge is 0.436 e. The molecule has 0 spiro atoms. The lowest BCUT2D eigenvalue weighted by Gasteiger charge is -2.11. The molecule has 0 saturated carbocycles. The molecule has 4 aromatic rings. The molecule has 0 aliphatic rings. The average Bonchev–Trinajstić information content (AvgIpc) is 3.08. The van der Waals surface area contributed by atoms with Crippen LogP contribution in [0.25, 0.3) is 33.5 Å². The van der Waals surface area contributed by atoms with Crippen molar-refractivity contribution in [2.24, 2.45) is 0 Å². The number of fused-ring (bicyclic) bond motifs is 2. The van der Waals surface area contributed by atoms with Crippen LogP contribution < -0.4 is 10.5 Å². The van der Waals surface area contributed by atoms with Gasteiger partial charge < -0.3 is 13.7 Å². The minimum Gasteiger partial charge on any atom is -0.436 e. The van der Waals surface area contributed by atoms with Crippen molar-refractivity contribution in [3.05, 3.63) is 57.4 Å². The molecule has 138 valence electrons. The Morgan fingerprint density at radius 2 is 1.70 bits per heavy atom. The Labute approximate surface area is 157 Å². The summed E-state index contributed by atoms with van der Waals surface area (Å²) in [5.41, 5.74) is 6.21. The fraction of sp³-hybridized carbons (Fsp3) is 0.273. The van der Waals surface area contributed by atoms with Gasteiger partial charge in [0.05, 0.1) is 0 Å². The summed E-state index contributed by atoms with van der Waals surface area (Å²) in [6.07, 6.45) is 0.642. The first kappa shape index (κ1) is 17.3. The van der Waals surface area contributed by atoms with E-state index < -0.39 is 0 Å². The fourth-order valence-electron chi connectivity index (χ4n) is 3.52. The maximum absolute atomic E-state index is 12.3. The molecule has 0 fully saturated rings. The Hall–Kier alpha value is -3.08. The molecule has 2 heterocycles. The maximum Gasteiger partial charge on any atom is 0.339 e. The van der Waals surface area contributed by atoms with Gasteiger partial charge in [0.1, 0.15) is 11.1 Å². The molecule has 0 amide bonds. The van der Waals surface area contributed by atoms with E-state index in [0.717, 1.165) is 33.3 Å². The highest BCUT2D eigenvalue weighted by atomic mass is 16.4. The molecule has 0 aliphatic carbocycles. The van der Waals surface area contributed by atoms with Gasteiger partial charge in [0.15, 0.2) is 5.58 Å². The summed E-state index contributed by atoms with van der Waals surface area (Å²) in [7, 11) is 4.01. The summed E-state index contributed by atoms with van der Waals surface area (Å²) < 4.78 is 11.7. The number of rotatable bonds is 3. The third-order valence-corrected chi connectivity index (χ3v) is 5.14. The van der Waals surface area contributed by atoms with Crippen molar-refractivity contribution in [2.75, 3.05) is 19.0 Å². The molecule has 0 saturated heterocycles. The van der Waals surface area contributed by atoms with Crippen LogP contribution in [0.15, 0.2) is 44.0 Å². The number of hydrogen-bond donors (Lipinski definition) is 0. The number of aryl methyl sites for hydroxylation is 2. The van der Waals surface area contributed by atoms with Crippen molar-refractivity contribution in [2.45, 2.75) is 27.2 Å². The molecule has 0 N–H and O–H groups in total. The third-order valence-electron chi connectivity index (χ3n) is 5.14. The van der Waals surface area contributed by atoms with Crippen molar-refractivity contribution in [1.82, 2.24) is 4.98 Å². The summed E-state index contributed by atoms with van der Waals surface area (Å²) >= 11 is 0. The molecule has 0 bridgehead atoms. The SMILES string of the molecule is CCc1c(C)c2cc3nc(-c4ccc(N(C)C)cc4)oc3c(C)c2oc1=O. The molecule has 4 rings (SSSR count). The molecular weight excluding hydrogens is 340 g/mol. The van der Waals surface area contributed by atoms with Crippen molar-refractivity contribution in [1.29, 1.82) is 0 Å². The molecule has 2 aromatic heterocycles. The van der Waals surface area contributed by atoms with Crippen LogP contribution in [0.4, 0.5) is 5.69 Å². The highest BCUT2D eigenvalue weighted by Crippen LogP contribution is 2.33. The Bertz CT molecular complexity index is 1210. The summed E-state index contributed by atoms with van der Waals surface area (Å²) in [5.74, 6) is 0.560. The molecule has 2 aromatic carbocycles. The molecular formula is C22H22N2O3. The molecule has 0 atom stereocenters. The maximum atomic E-state index is 12.3. The van der Waals surface area contributed by atoms with Gasteiger partial charge in [-0.2, -0.15) is 0 Å². The Kier molecular flexibility index (Phi) is 4.02. The van der Waals surface area contributed by atoms with Crippen LogP contribution in [0.1, 0.15) is 23.6 Å². The zero-order valence-electron chi connectivity index (χ0n) is 16.2. The van der Waals surface area contributed by atoms with E-state index in [-0.39, 0.29) is 5.63 Å². The van der Waals surface area contributed by atoms with Crippen LogP contribution in [0, 0.1) is 13.8 Å². The number of oxazole rings is 1. The van der Waals surface area contributed by atoms with Gasteiger partial charge in [-0.3, -0.25) is 0 Å². The second kappa shape index (κ2) is 6.27. The van der Waals surface area contributed by atoms with Crippen molar-refractivity contribution in [3.8, 4) is 11.5 Å². The first-order valence-corrected chi connectivity index (χ1v) is 9.05. The lowest BCUT2D eigenvalue weighted by Crippen LogP contribution is -2.09. The summed E-state index contributed by atoms with van der Waals surface area (Å²) in [6, 6.07) is 10.0. The predicted octanol–water partition coefficient (Wildman–Crippen LogP) is 4.85. The van der Waals surface area contributed by atoms with Gasteiger partial charge in [-0.15, -0.1) is 0 Å². The van der Waals surface area contributed by atoms with E-state index in [4.69, 9.17) is 8.83 Å². The van der Waals surface area contributed by atoms with Crippen LogP contribution >= 0.6 is 0 Å². The monoisotopic (exact) mass is 362 g/mol. The van der Waals surface area contributed by atoms with Crippen molar-refractivity contribution >= 4 is 27.8 Å². The van der Waals surface area contributed by atoms with E-state index in [1.807, 2.05) is 70.1 Å². The van der Waals surface area contributed by atoms with Crippen LogP contribution in [-0.4, -0.2) is 19.1 Å². The molecule has 5 heteroatoms. The highest BCUT2D eigenvalue weighted by Gasteiger charge is 2.18. The van der Waals surface area contributed by atoms with Gasteiger partial charge in [0.25, 0.3) is 0 Å². The fourth-order valence-corrected chi connectivity index (χ4v) is 3.52. The van der Waals surface area contributed by atoms with Gasteiger partial charge >= 0.3 is 5.63 Å². The number of nitrogens with zero attached hydrogens (tertiary/aromatic N) is 2. The molecule has 0 unspecified atom stereocenters. The zero-order chi connectivity index (χ0) is 19.3.